The van der Waals surface area contributed by atoms with Gasteiger partial charge in [-0.05, 0) is 36.1 Å². The number of hydrogen-bond acceptors (Lipinski definition) is 4. The number of phenolic OH excluding ortho intramolecular Hbond substituents is 1. The Bertz CT molecular complexity index is 335. The smallest absolute Gasteiger partial charge is 0.124 e. The molecule has 0 aromatic heterocycles. The summed E-state index contributed by atoms with van der Waals surface area (Å²) in [5.74, 6) is 3.57. The van der Waals surface area contributed by atoms with E-state index in [4.69, 9.17) is 4.74 Å². The van der Waals surface area contributed by atoms with Gasteiger partial charge in [0.25, 0.3) is 0 Å². The highest BCUT2D eigenvalue weighted by Crippen LogP contribution is 2.47. The lowest BCUT2D eigenvalue weighted by atomic mass is 10.2. The molecule has 0 aliphatic carbocycles. The number of aromatic hydroxyl groups is 1. The summed E-state index contributed by atoms with van der Waals surface area (Å²) >= 11 is 3.85. The van der Waals surface area contributed by atoms with Crippen LogP contribution in [0.5, 0.6) is 11.5 Å². The van der Waals surface area contributed by atoms with E-state index >= 15 is 0 Å². The Hall–Kier alpha value is -0.480. The molecule has 0 atom stereocenters. The molecule has 2 nitrogen and oxygen atoms in total. The van der Waals surface area contributed by atoms with Crippen molar-refractivity contribution in [2.75, 3.05) is 18.6 Å². The third-order valence-electron chi connectivity index (χ3n) is 2.29. The van der Waals surface area contributed by atoms with Gasteiger partial charge in [-0.3, -0.25) is 0 Å². The van der Waals surface area contributed by atoms with Gasteiger partial charge in [-0.1, -0.05) is 0 Å². The highest BCUT2D eigenvalue weighted by atomic mass is 32.2. The summed E-state index contributed by atoms with van der Waals surface area (Å²) in [7, 11) is 1.67. The van der Waals surface area contributed by atoms with Crippen LogP contribution in [0.2, 0.25) is 0 Å². The molecule has 1 fully saturated rings. The van der Waals surface area contributed by atoms with Crippen LogP contribution in [0.4, 0.5) is 0 Å². The van der Waals surface area contributed by atoms with Crippen LogP contribution < -0.4 is 4.74 Å². The van der Waals surface area contributed by atoms with Crippen molar-refractivity contribution in [2.24, 2.45) is 0 Å². The number of hydrogen-bond donors (Lipinski definition) is 1. The zero-order valence-electron chi connectivity index (χ0n) is 8.60. The number of thioether (sulfide) groups is 2. The van der Waals surface area contributed by atoms with Gasteiger partial charge >= 0.3 is 0 Å². The molecule has 0 amide bonds. The fraction of sp³-hybridized carbons (Fsp3) is 0.455. The lowest BCUT2D eigenvalue weighted by molar-refractivity contribution is 0.408. The van der Waals surface area contributed by atoms with Gasteiger partial charge < -0.3 is 9.84 Å². The van der Waals surface area contributed by atoms with Gasteiger partial charge in [0.15, 0.2) is 0 Å². The summed E-state index contributed by atoms with van der Waals surface area (Å²) in [5.41, 5.74) is 1.10. The molecule has 1 aliphatic rings. The Kier molecular flexibility index (Phi) is 3.70. The van der Waals surface area contributed by atoms with Crippen molar-refractivity contribution >= 4 is 23.5 Å². The quantitative estimate of drug-likeness (QED) is 0.862. The first-order valence-corrected chi connectivity index (χ1v) is 7.01. The monoisotopic (exact) mass is 242 g/mol. The number of rotatable bonds is 2. The zero-order chi connectivity index (χ0) is 10.7. The molecule has 0 saturated carbocycles. The molecular weight excluding hydrogens is 228 g/mol. The van der Waals surface area contributed by atoms with Gasteiger partial charge in [0.2, 0.25) is 0 Å². The Morgan fingerprint density at radius 2 is 2.07 bits per heavy atom. The van der Waals surface area contributed by atoms with Crippen molar-refractivity contribution in [3.63, 3.8) is 0 Å². The molecule has 1 aliphatic heterocycles. The minimum Gasteiger partial charge on any atom is -0.508 e. The van der Waals surface area contributed by atoms with Crippen LogP contribution in [0, 0.1) is 0 Å². The van der Waals surface area contributed by atoms with Crippen LogP contribution in [0.3, 0.4) is 0 Å². The van der Waals surface area contributed by atoms with Crippen LogP contribution in [-0.2, 0) is 0 Å². The van der Waals surface area contributed by atoms with E-state index in [9.17, 15) is 5.11 Å². The van der Waals surface area contributed by atoms with Gasteiger partial charge in [0.05, 0.1) is 11.7 Å². The SMILES string of the molecule is COc1ccc(O)cc1C1SCCCS1. The van der Waals surface area contributed by atoms with E-state index in [0.717, 1.165) is 11.3 Å². The third-order valence-corrected chi connectivity index (χ3v) is 5.27. The average Bonchev–Trinajstić information content (AvgIpc) is 2.30. The predicted molar refractivity (Wildman–Crippen MR) is 66.9 cm³/mol. The first-order chi connectivity index (χ1) is 7.31. The van der Waals surface area contributed by atoms with Gasteiger partial charge in [-0.25, -0.2) is 0 Å². The molecule has 0 spiro atoms. The molecular formula is C11H14O2S2. The minimum absolute atomic E-state index is 0.317. The van der Waals surface area contributed by atoms with Gasteiger partial charge in [-0.15, -0.1) is 23.5 Å². The van der Waals surface area contributed by atoms with Crippen LogP contribution in [0.25, 0.3) is 0 Å². The predicted octanol–water partition coefficient (Wildman–Crippen LogP) is 3.27. The maximum atomic E-state index is 9.49. The van der Waals surface area contributed by atoms with Crippen molar-refractivity contribution < 1.29 is 9.84 Å². The molecule has 1 N–H and O–H groups in total. The third kappa shape index (κ3) is 2.55. The molecule has 1 heterocycles. The topological polar surface area (TPSA) is 29.5 Å². The van der Waals surface area contributed by atoms with E-state index in [0.29, 0.717) is 10.3 Å². The number of phenols is 1. The summed E-state index contributed by atoms with van der Waals surface area (Å²) in [5, 5.41) is 9.49. The Morgan fingerprint density at radius 3 is 2.73 bits per heavy atom. The number of methoxy groups -OCH3 is 1. The normalized spacial score (nSPS) is 17.7. The molecule has 15 heavy (non-hydrogen) atoms. The lowest BCUT2D eigenvalue weighted by Gasteiger charge is -2.22. The molecule has 1 aromatic rings. The Balaban J connectivity index is 2.27. The minimum atomic E-state index is 0.317. The van der Waals surface area contributed by atoms with E-state index in [2.05, 4.69) is 0 Å². The van der Waals surface area contributed by atoms with Crippen LogP contribution in [-0.4, -0.2) is 23.7 Å². The molecule has 0 unspecified atom stereocenters. The second kappa shape index (κ2) is 5.03. The number of benzene rings is 1. The van der Waals surface area contributed by atoms with Gasteiger partial charge in [-0.2, -0.15) is 0 Å². The second-order valence-electron chi connectivity index (χ2n) is 3.35. The van der Waals surface area contributed by atoms with Crippen LogP contribution >= 0.6 is 23.5 Å². The van der Waals surface area contributed by atoms with Crippen LogP contribution in [0.1, 0.15) is 16.6 Å². The maximum Gasteiger partial charge on any atom is 0.124 e. The van der Waals surface area contributed by atoms with Gasteiger partial charge in [0.1, 0.15) is 11.5 Å². The first-order valence-electron chi connectivity index (χ1n) is 4.91. The van der Waals surface area contributed by atoms with E-state index in [1.807, 2.05) is 35.7 Å². The van der Waals surface area contributed by atoms with Crippen molar-refractivity contribution in [3.05, 3.63) is 23.8 Å². The van der Waals surface area contributed by atoms with E-state index in [-0.39, 0.29) is 0 Å². The van der Waals surface area contributed by atoms with Crippen molar-refractivity contribution in [1.82, 2.24) is 0 Å². The Morgan fingerprint density at radius 1 is 1.33 bits per heavy atom. The Labute approximate surface area is 98.4 Å². The molecule has 0 bridgehead atoms. The first kappa shape index (κ1) is 11.0. The number of ether oxygens (including phenoxy) is 1. The van der Waals surface area contributed by atoms with Crippen molar-refractivity contribution in [2.45, 2.75) is 11.0 Å². The zero-order valence-corrected chi connectivity index (χ0v) is 10.2. The molecule has 2 rings (SSSR count). The van der Waals surface area contributed by atoms with Crippen LogP contribution in [0.15, 0.2) is 18.2 Å². The van der Waals surface area contributed by atoms with E-state index in [1.165, 1.54) is 17.9 Å². The fourth-order valence-electron chi connectivity index (χ4n) is 1.57. The summed E-state index contributed by atoms with van der Waals surface area (Å²) in [6, 6.07) is 5.32. The highest BCUT2D eigenvalue weighted by molar-refractivity contribution is 8.16. The average molecular weight is 242 g/mol. The molecule has 0 radical (unpaired) electrons. The summed E-state index contributed by atoms with van der Waals surface area (Å²) in [4.78, 5) is 0. The van der Waals surface area contributed by atoms with E-state index in [1.54, 1.807) is 13.2 Å². The molecule has 4 heteroatoms. The summed E-state index contributed by atoms with van der Waals surface area (Å²) in [6.07, 6.45) is 1.27. The van der Waals surface area contributed by atoms with E-state index < -0.39 is 0 Å². The maximum absolute atomic E-state index is 9.49. The molecule has 82 valence electrons. The van der Waals surface area contributed by atoms with Crippen molar-refractivity contribution in [1.29, 1.82) is 0 Å². The summed E-state index contributed by atoms with van der Waals surface area (Å²) < 4.78 is 5.72. The molecule has 1 saturated heterocycles. The highest BCUT2D eigenvalue weighted by Gasteiger charge is 2.20. The van der Waals surface area contributed by atoms with Gasteiger partial charge in [0, 0.05) is 5.56 Å². The molecule has 1 aromatic carbocycles. The fourth-order valence-corrected chi connectivity index (χ4v) is 4.50. The standard InChI is InChI=1S/C11H14O2S2/c1-13-10-4-3-8(12)7-9(10)11-14-5-2-6-15-11/h3-4,7,11-12H,2,5-6H2,1H3. The summed E-state index contributed by atoms with van der Waals surface area (Å²) in [6.45, 7) is 0. The second-order valence-corrected chi connectivity index (χ2v) is 6.08. The lowest BCUT2D eigenvalue weighted by Crippen LogP contribution is -2.02. The largest absolute Gasteiger partial charge is 0.508 e. The van der Waals surface area contributed by atoms with Crippen molar-refractivity contribution in [3.8, 4) is 11.5 Å².